The molecule has 8 heteroatoms. The van der Waals surface area contributed by atoms with Crippen molar-refractivity contribution in [2.75, 3.05) is 11.9 Å². The highest BCUT2D eigenvalue weighted by molar-refractivity contribution is 7.15. The van der Waals surface area contributed by atoms with Gasteiger partial charge in [0.1, 0.15) is 11.6 Å². The third-order valence-electron chi connectivity index (χ3n) is 5.65. The van der Waals surface area contributed by atoms with Gasteiger partial charge >= 0.3 is 0 Å². The predicted octanol–water partition coefficient (Wildman–Crippen LogP) is 4.00. The highest BCUT2D eigenvalue weighted by Crippen LogP contribution is 2.41. The number of rotatable bonds is 6. The monoisotopic (exact) mass is 452 g/mol. The van der Waals surface area contributed by atoms with Crippen LogP contribution in [0.4, 0.5) is 10.2 Å². The Kier molecular flexibility index (Phi) is 6.34. The lowest BCUT2D eigenvalue weighted by atomic mass is 9.90. The van der Waals surface area contributed by atoms with Crippen molar-refractivity contribution in [1.29, 1.82) is 0 Å². The van der Waals surface area contributed by atoms with Crippen molar-refractivity contribution in [2.24, 2.45) is 5.73 Å². The molecule has 2 aromatic heterocycles. The number of carbonyl (C=O) groups is 2. The summed E-state index contributed by atoms with van der Waals surface area (Å²) in [6.07, 6.45) is 2.53. The average molecular weight is 453 g/mol. The van der Waals surface area contributed by atoms with E-state index < -0.39 is 0 Å². The molecule has 4 N–H and O–H groups in total. The zero-order valence-electron chi connectivity index (χ0n) is 17.9. The molecule has 0 bridgehead atoms. The van der Waals surface area contributed by atoms with E-state index in [0.29, 0.717) is 24.2 Å². The molecule has 0 spiro atoms. The molecule has 4 rings (SSSR count). The fourth-order valence-electron chi connectivity index (χ4n) is 4.09. The summed E-state index contributed by atoms with van der Waals surface area (Å²) in [6, 6.07) is 9.80. The van der Waals surface area contributed by atoms with E-state index in [1.54, 1.807) is 12.3 Å². The number of aryl methyl sites for hydroxylation is 1. The quantitative estimate of drug-likeness (QED) is 0.527. The highest BCUT2D eigenvalue weighted by atomic mass is 32.1. The van der Waals surface area contributed by atoms with E-state index in [1.807, 2.05) is 32.0 Å². The molecular formula is C24H25FN4O2S. The average Bonchev–Trinajstić information content (AvgIpc) is 3.14. The molecule has 0 aliphatic carbocycles. The second-order valence-electron chi connectivity index (χ2n) is 8.09. The second kappa shape index (κ2) is 9.18. The minimum atomic E-state index is -0.311. The van der Waals surface area contributed by atoms with Crippen molar-refractivity contribution < 1.29 is 14.0 Å². The third kappa shape index (κ3) is 4.56. The van der Waals surface area contributed by atoms with Crippen LogP contribution in [-0.2, 0) is 11.2 Å². The summed E-state index contributed by atoms with van der Waals surface area (Å²) in [4.78, 5) is 31.1. The first-order chi connectivity index (χ1) is 15.4. The number of pyridine rings is 1. The Bertz CT molecular complexity index is 1180. The van der Waals surface area contributed by atoms with Gasteiger partial charge in [-0.1, -0.05) is 19.1 Å². The number of anilines is 1. The highest BCUT2D eigenvalue weighted by Gasteiger charge is 2.27. The number of hydrogen-bond acceptors (Lipinski definition) is 5. The third-order valence-corrected chi connectivity index (χ3v) is 6.73. The number of nitrogens with one attached hydrogen (secondary N) is 2. The van der Waals surface area contributed by atoms with Gasteiger partial charge in [0.05, 0.1) is 5.56 Å². The molecule has 2 amide bonds. The number of nitrogens with two attached hydrogens (primary N) is 1. The summed E-state index contributed by atoms with van der Waals surface area (Å²) in [5.74, 6) is 0.0648. The van der Waals surface area contributed by atoms with Crippen molar-refractivity contribution in [3.63, 3.8) is 0 Å². The molecule has 0 saturated heterocycles. The topological polar surface area (TPSA) is 97.1 Å². The van der Waals surface area contributed by atoms with Gasteiger partial charge in [-0.25, -0.2) is 9.37 Å². The molecule has 1 unspecified atom stereocenters. The fraction of sp³-hybridized carbons (Fsp3) is 0.292. The Morgan fingerprint density at radius 3 is 2.94 bits per heavy atom. The number of benzene rings is 1. The lowest BCUT2D eigenvalue weighted by Crippen LogP contribution is -2.41. The van der Waals surface area contributed by atoms with Crippen LogP contribution in [0.2, 0.25) is 0 Å². The lowest BCUT2D eigenvalue weighted by molar-refractivity contribution is -0.116. The summed E-state index contributed by atoms with van der Waals surface area (Å²) in [6.45, 7) is 4.16. The lowest BCUT2D eigenvalue weighted by Gasteiger charge is -2.23. The number of halogens is 1. The van der Waals surface area contributed by atoms with Crippen molar-refractivity contribution in [3.8, 4) is 10.4 Å². The number of aromatic nitrogens is 1. The first-order valence-electron chi connectivity index (χ1n) is 10.5. The predicted molar refractivity (Wildman–Crippen MR) is 124 cm³/mol. The molecule has 1 aliphatic rings. The Morgan fingerprint density at radius 1 is 1.38 bits per heavy atom. The molecule has 32 heavy (non-hydrogen) atoms. The normalized spacial score (nSPS) is 16.2. The SMILES string of the molecule is Cc1sc(-c2ccnc3c2[C@@H](C)CC(=O)N3)cc1C(=O)NC(CN)Cc1cccc(F)c1. The van der Waals surface area contributed by atoms with Crippen LogP contribution in [0.25, 0.3) is 10.4 Å². The molecule has 0 saturated carbocycles. The molecule has 1 aliphatic heterocycles. The fourth-order valence-corrected chi connectivity index (χ4v) is 5.15. The Balaban J connectivity index is 1.57. The number of fused-ring (bicyclic) bond motifs is 1. The van der Waals surface area contributed by atoms with Gasteiger partial charge in [-0.05, 0) is 49.1 Å². The number of nitrogens with zero attached hydrogens (tertiary/aromatic N) is 1. The van der Waals surface area contributed by atoms with E-state index in [9.17, 15) is 14.0 Å². The van der Waals surface area contributed by atoms with Gasteiger partial charge in [-0.2, -0.15) is 0 Å². The zero-order valence-corrected chi connectivity index (χ0v) is 18.8. The van der Waals surface area contributed by atoms with Crippen LogP contribution in [-0.4, -0.2) is 29.4 Å². The van der Waals surface area contributed by atoms with E-state index in [4.69, 9.17) is 5.73 Å². The van der Waals surface area contributed by atoms with Gasteiger partial charge < -0.3 is 16.4 Å². The molecule has 3 aromatic rings. The van der Waals surface area contributed by atoms with E-state index in [-0.39, 0.29) is 36.1 Å². The van der Waals surface area contributed by atoms with Crippen LogP contribution in [0, 0.1) is 12.7 Å². The van der Waals surface area contributed by atoms with Crippen molar-refractivity contribution in [2.45, 2.75) is 38.6 Å². The van der Waals surface area contributed by atoms with Crippen molar-refractivity contribution >= 4 is 29.0 Å². The van der Waals surface area contributed by atoms with E-state index in [2.05, 4.69) is 15.6 Å². The number of thiophene rings is 1. The van der Waals surface area contributed by atoms with Crippen LogP contribution in [0.3, 0.4) is 0 Å². The second-order valence-corrected chi connectivity index (χ2v) is 9.35. The van der Waals surface area contributed by atoms with E-state index >= 15 is 0 Å². The van der Waals surface area contributed by atoms with Gasteiger partial charge in [0.15, 0.2) is 0 Å². The van der Waals surface area contributed by atoms with Crippen LogP contribution in [0.5, 0.6) is 0 Å². The Hall–Kier alpha value is -3.10. The first-order valence-corrected chi connectivity index (χ1v) is 11.3. The van der Waals surface area contributed by atoms with Gasteiger partial charge in [0, 0.05) is 46.1 Å². The summed E-state index contributed by atoms with van der Waals surface area (Å²) >= 11 is 1.53. The molecule has 2 atom stereocenters. The first kappa shape index (κ1) is 22.1. The van der Waals surface area contributed by atoms with Gasteiger partial charge in [-0.3, -0.25) is 9.59 Å². The van der Waals surface area contributed by atoms with Crippen LogP contribution >= 0.6 is 11.3 Å². The maximum atomic E-state index is 13.5. The number of amides is 2. The zero-order chi connectivity index (χ0) is 22.8. The Labute approximate surface area is 190 Å². The van der Waals surface area contributed by atoms with Crippen LogP contribution in [0.15, 0.2) is 42.6 Å². The Morgan fingerprint density at radius 2 is 2.19 bits per heavy atom. The maximum absolute atomic E-state index is 13.5. The van der Waals surface area contributed by atoms with Gasteiger partial charge in [0.2, 0.25) is 5.91 Å². The number of hydrogen-bond donors (Lipinski definition) is 3. The standard InChI is InChI=1S/C24H25FN4O2S/c1-13-8-21(30)29-23-22(13)18(6-7-27-23)20-11-19(14(2)32-20)24(31)28-17(12-26)10-15-4-3-5-16(25)9-15/h3-7,9,11,13,17H,8,10,12,26H2,1-2H3,(H,28,31)(H,27,29,30)/t13-,17?/m0/s1. The largest absolute Gasteiger partial charge is 0.348 e. The van der Waals surface area contributed by atoms with Crippen LogP contribution in [0.1, 0.15) is 45.6 Å². The van der Waals surface area contributed by atoms with Crippen molar-refractivity contribution in [1.82, 2.24) is 10.3 Å². The molecule has 3 heterocycles. The molecule has 0 fully saturated rings. The number of carbonyl (C=O) groups excluding carboxylic acids is 2. The van der Waals surface area contributed by atoms with Crippen LogP contribution < -0.4 is 16.4 Å². The molecular weight excluding hydrogens is 427 g/mol. The maximum Gasteiger partial charge on any atom is 0.252 e. The summed E-state index contributed by atoms with van der Waals surface area (Å²) in [5, 5.41) is 5.82. The molecule has 0 radical (unpaired) electrons. The summed E-state index contributed by atoms with van der Waals surface area (Å²) < 4.78 is 13.5. The molecule has 1 aromatic carbocycles. The minimum Gasteiger partial charge on any atom is -0.348 e. The van der Waals surface area contributed by atoms with Gasteiger partial charge in [-0.15, -0.1) is 11.3 Å². The summed E-state index contributed by atoms with van der Waals surface area (Å²) in [7, 11) is 0. The smallest absolute Gasteiger partial charge is 0.252 e. The molecule has 6 nitrogen and oxygen atoms in total. The molecule has 166 valence electrons. The van der Waals surface area contributed by atoms with E-state index in [0.717, 1.165) is 26.4 Å². The minimum absolute atomic E-state index is 0.0371. The van der Waals surface area contributed by atoms with Gasteiger partial charge in [0.25, 0.3) is 5.91 Å². The van der Waals surface area contributed by atoms with Crippen molar-refractivity contribution in [3.05, 3.63) is 70.0 Å². The summed E-state index contributed by atoms with van der Waals surface area (Å²) in [5.41, 5.74) is 9.21. The van der Waals surface area contributed by atoms with E-state index in [1.165, 1.54) is 23.5 Å².